The van der Waals surface area contributed by atoms with Gasteiger partial charge in [0.25, 0.3) is 0 Å². The summed E-state index contributed by atoms with van der Waals surface area (Å²) in [5.41, 5.74) is 2.73. The number of hydrogen-bond donors (Lipinski definition) is 2. The lowest BCUT2D eigenvalue weighted by atomic mass is 9.92. The quantitative estimate of drug-likeness (QED) is 0.833. The lowest BCUT2D eigenvalue weighted by Gasteiger charge is -2.26. The molecule has 2 atom stereocenters. The van der Waals surface area contributed by atoms with Crippen LogP contribution in [-0.2, 0) is 6.42 Å². The minimum atomic E-state index is 0.474. The van der Waals surface area contributed by atoms with Crippen LogP contribution in [0.5, 0.6) is 0 Å². The summed E-state index contributed by atoms with van der Waals surface area (Å²) in [4.78, 5) is 4.56. The van der Waals surface area contributed by atoms with E-state index in [9.17, 15) is 0 Å². The van der Waals surface area contributed by atoms with Crippen LogP contribution >= 0.6 is 0 Å². The Morgan fingerprint density at radius 1 is 1.35 bits per heavy atom. The summed E-state index contributed by atoms with van der Waals surface area (Å²) in [7, 11) is 0. The van der Waals surface area contributed by atoms with Gasteiger partial charge in [0.1, 0.15) is 0 Å². The predicted molar refractivity (Wildman–Crippen MR) is 68.9 cm³/mol. The zero-order valence-corrected chi connectivity index (χ0v) is 10.3. The molecule has 0 spiro atoms. The number of pyridine rings is 1. The van der Waals surface area contributed by atoms with Gasteiger partial charge in [0, 0.05) is 24.8 Å². The summed E-state index contributed by atoms with van der Waals surface area (Å²) in [6.45, 7) is 2.27. The Morgan fingerprint density at radius 3 is 3.24 bits per heavy atom. The highest BCUT2D eigenvalue weighted by atomic mass is 15.0. The lowest BCUT2D eigenvalue weighted by Crippen LogP contribution is -2.37. The number of aromatic nitrogens is 1. The predicted octanol–water partition coefficient (Wildman–Crippen LogP) is 1.80. The lowest BCUT2D eigenvalue weighted by molar-refractivity contribution is 0.418. The van der Waals surface area contributed by atoms with Crippen molar-refractivity contribution in [2.24, 2.45) is 0 Å². The molecule has 3 nitrogen and oxygen atoms in total. The molecule has 1 unspecified atom stereocenters. The molecule has 1 aliphatic heterocycles. The Labute approximate surface area is 103 Å². The van der Waals surface area contributed by atoms with E-state index in [4.69, 9.17) is 0 Å². The maximum Gasteiger partial charge on any atom is 0.0605 e. The van der Waals surface area contributed by atoms with Crippen LogP contribution in [0.3, 0.4) is 0 Å². The van der Waals surface area contributed by atoms with Crippen LogP contribution in [0.4, 0.5) is 0 Å². The summed E-state index contributed by atoms with van der Waals surface area (Å²) in [6.07, 6.45) is 8.28. The number of hydrogen-bond acceptors (Lipinski definition) is 3. The molecule has 0 amide bonds. The Balaban J connectivity index is 1.64. The minimum Gasteiger partial charge on any atom is -0.313 e. The summed E-state index contributed by atoms with van der Waals surface area (Å²) in [5, 5.41) is 7.23. The third kappa shape index (κ3) is 2.50. The fourth-order valence-corrected chi connectivity index (χ4v) is 3.02. The second-order valence-corrected chi connectivity index (χ2v) is 5.19. The third-order valence-corrected chi connectivity index (χ3v) is 3.97. The number of nitrogens with zero attached hydrogens (tertiary/aromatic N) is 1. The summed E-state index contributed by atoms with van der Waals surface area (Å²) < 4.78 is 0. The molecule has 17 heavy (non-hydrogen) atoms. The number of rotatable bonds is 3. The standard InChI is InChI=1S/C14H21N3/c1-4-11-5-2-9-16-14(11)13(7-1)17-10-12-6-3-8-15-12/h2,5,9,12-13,15,17H,1,3-4,6-8,10H2/t12?,13-/m0/s1. The van der Waals surface area contributed by atoms with Gasteiger partial charge in [0.15, 0.2) is 0 Å². The van der Waals surface area contributed by atoms with Crippen LogP contribution in [0, 0.1) is 0 Å². The maximum absolute atomic E-state index is 4.56. The van der Waals surface area contributed by atoms with E-state index in [2.05, 4.69) is 27.8 Å². The average Bonchev–Trinajstić information content (AvgIpc) is 2.89. The molecule has 1 aromatic rings. The SMILES string of the molecule is c1cnc2c(c1)CCC[C@@H]2NCC1CCCN1. The average molecular weight is 231 g/mol. The van der Waals surface area contributed by atoms with E-state index in [1.807, 2.05) is 6.20 Å². The van der Waals surface area contributed by atoms with Crippen molar-refractivity contribution in [1.29, 1.82) is 0 Å². The van der Waals surface area contributed by atoms with Crippen molar-refractivity contribution < 1.29 is 0 Å². The number of nitrogens with one attached hydrogen (secondary N) is 2. The van der Waals surface area contributed by atoms with E-state index in [0.29, 0.717) is 12.1 Å². The molecule has 0 saturated carbocycles. The molecule has 1 fully saturated rings. The van der Waals surface area contributed by atoms with Crippen molar-refractivity contribution in [2.75, 3.05) is 13.1 Å². The monoisotopic (exact) mass is 231 g/mol. The van der Waals surface area contributed by atoms with Gasteiger partial charge in [-0.3, -0.25) is 4.98 Å². The zero-order chi connectivity index (χ0) is 11.5. The van der Waals surface area contributed by atoms with Gasteiger partial charge in [-0.1, -0.05) is 6.07 Å². The van der Waals surface area contributed by atoms with Crippen LogP contribution in [0.2, 0.25) is 0 Å². The van der Waals surface area contributed by atoms with Gasteiger partial charge in [-0.05, 0) is 50.3 Å². The fraction of sp³-hybridized carbons (Fsp3) is 0.643. The Morgan fingerprint density at radius 2 is 2.35 bits per heavy atom. The molecule has 92 valence electrons. The topological polar surface area (TPSA) is 37.0 Å². The number of aryl methyl sites for hydroxylation is 1. The van der Waals surface area contributed by atoms with Gasteiger partial charge in [-0.25, -0.2) is 0 Å². The first-order valence-corrected chi connectivity index (χ1v) is 6.84. The largest absolute Gasteiger partial charge is 0.313 e. The Hall–Kier alpha value is -0.930. The van der Waals surface area contributed by atoms with Gasteiger partial charge in [-0.15, -0.1) is 0 Å². The second-order valence-electron chi connectivity index (χ2n) is 5.19. The van der Waals surface area contributed by atoms with Crippen LogP contribution < -0.4 is 10.6 Å². The molecule has 2 aliphatic rings. The van der Waals surface area contributed by atoms with Crippen molar-refractivity contribution in [3.8, 4) is 0 Å². The van der Waals surface area contributed by atoms with E-state index in [1.165, 1.54) is 49.9 Å². The highest BCUT2D eigenvalue weighted by molar-refractivity contribution is 5.25. The van der Waals surface area contributed by atoms with Crippen LogP contribution in [-0.4, -0.2) is 24.1 Å². The normalized spacial score (nSPS) is 28.0. The first-order chi connectivity index (χ1) is 8.43. The third-order valence-electron chi connectivity index (χ3n) is 3.97. The zero-order valence-electron chi connectivity index (χ0n) is 10.3. The van der Waals surface area contributed by atoms with Crippen molar-refractivity contribution in [3.63, 3.8) is 0 Å². The van der Waals surface area contributed by atoms with Gasteiger partial charge >= 0.3 is 0 Å². The fourth-order valence-electron chi connectivity index (χ4n) is 3.02. The van der Waals surface area contributed by atoms with Crippen LogP contribution in [0.15, 0.2) is 18.3 Å². The second kappa shape index (κ2) is 5.15. The molecule has 0 aromatic carbocycles. The molecular formula is C14H21N3. The van der Waals surface area contributed by atoms with E-state index < -0.39 is 0 Å². The van der Waals surface area contributed by atoms with Gasteiger partial charge in [0.05, 0.1) is 5.69 Å². The summed E-state index contributed by atoms with van der Waals surface area (Å²) in [5.74, 6) is 0. The van der Waals surface area contributed by atoms with Gasteiger partial charge in [-0.2, -0.15) is 0 Å². The summed E-state index contributed by atoms with van der Waals surface area (Å²) in [6, 6.07) is 5.43. The maximum atomic E-state index is 4.56. The van der Waals surface area contributed by atoms with Gasteiger partial charge < -0.3 is 10.6 Å². The van der Waals surface area contributed by atoms with Crippen molar-refractivity contribution in [1.82, 2.24) is 15.6 Å². The van der Waals surface area contributed by atoms with E-state index in [0.717, 1.165) is 6.54 Å². The molecule has 0 radical (unpaired) electrons. The van der Waals surface area contributed by atoms with Crippen LogP contribution in [0.25, 0.3) is 0 Å². The molecule has 1 aromatic heterocycles. The molecule has 1 saturated heterocycles. The first-order valence-electron chi connectivity index (χ1n) is 6.84. The smallest absolute Gasteiger partial charge is 0.0605 e. The van der Waals surface area contributed by atoms with Crippen LogP contribution in [0.1, 0.15) is 43.0 Å². The molecular weight excluding hydrogens is 210 g/mol. The van der Waals surface area contributed by atoms with E-state index in [-0.39, 0.29) is 0 Å². The highest BCUT2D eigenvalue weighted by Crippen LogP contribution is 2.27. The molecule has 1 aliphatic carbocycles. The van der Waals surface area contributed by atoms with Crippen molar-refractivity contribution in [3.05, 3.63) is 29.6 Å². The number of fused-ring (bicyclic) bond motifs is 1. The molecule has 3 heteroatoms. The molecule has 2 N–H and O–H groups in total. The molecule has 2 heterocycles. The Kier molecular flexibility index (Phi) is 3.39. The van der Waals surface area contributed by atoms with Crippen molar-refractivity contribution in [2.45, 2.75) is 44.2 Å². The van der Waals surface area contributed by atoms with E-state index in [1.54, 1.807) is 0 Å². The molecule has 3 rings (SSSR count). The molecule has 0 bridgehead atoms. The highest BCUT2D eigenvalue weighted by Gasteiger charge is 2.22. The first kappa shape index (κ1) is 11.2. The van der Waals surface area contributed by atoms with E-state index >= 15 is 0 Å². The summed E-state index contributed by atoms with van der Waals surface area (Å²) >= 11 is 0. The Bertz CT molecular complexity index is 371. The van der Waals surface area contributed by atoms with Crippen molar-refractivity contribution >= 4 is 0 Å². The van der Waals surface area contributed by atoms with Gasteiger partial charge in [0.2, 0.25) is 0 Å². The minimum absolute atomic E-state index is 0.474.